The van der Waals surface area contributed by atoms with Gasteiger partial charge in [-0.05, 0) is 19.1 Å². The van der Waals surface area contributed by atoms with E-state index in [1.165, 1.54) is 18.6 Å². The van der Waals surface area contributed by atoms with Crippen LogP contribution in [0.25, 0.3) is 0 Å². The van der Waals surface area contributed by atoms with Crippen molar-refractivity contribution in [1.82, 2.24) is 14.9 Å². The molecule has 1 atom stereocenters. The van der Waals surface area contributed by atoms with Gasteiger partial charge in [0, 0.05) is 25.7 Å². The number of nitrogens with one attached hydrogen (secondary N) is 3. The summed E-state index contributed by atoms with van der Waals surface area (Å²) >= 11 is 5.74. The molecule has 0 bridgehead atoms. The smallest absolute Gasteiger partial charge is 0.271 e. The first-order valence-electron chi connectivity index (χ1n) is 9.11. The Kier molecular flexibility index (Phi) is 6.56. The van der Waals surface area contributed by atoms with Crippen molar-refractivity contribution in [2.75, 3.05) is 23.8 Å². The highest BCUT2D eigenvalue weighted by atomic mass is 35.5. The molecule has 1 fully saturated rings. The lowest BCUT2D eigenvalue weighted by atomic mass is 10.1. The Morgan fingerprint density at radius 3 is 2.87 bits per heavy atom. The van der Waals surface area contributed by atoms with Gasteiger partial charge in [0.05, 0.1) is 34.9 Å². The molecule has 0 spiro atoms. The van der Waals surface area contributed by atoms with Gasteiger partial charge in [-0.2, -0.15) is 5.10 Å². The first-order valence-corrected chi connectivity index (χ1v) is 9.48. The van der Waals surface area contributed by atoms with Gasteiger partial charge >= 0.3 is 0 Å². The lowest BCUT2D eigenvalue weighted by molar-refractivity contribution is -0.0248. The Morgan fingerprint density at radius 2 is 2.17 bits per heavy atom. The number of hydrogen-bond acceptors (Lipinski definition) is 7. The number of carbonyl (C=O) groups is 1. The number of nitrogens with zero attached hydrogens (tertiary/aromatic N) is 4. The van der Waals surface area contributed by atoms with Gasteiger partial charge in [-0.25, -0.2) is 18.7 Å². The van der Waals surface area contributed by atoms with E-state index in [1.807, 2.05) is 0 Å². The number of carbonyl (C=O) groups excluding carboxylic acids is 1. The van der Waals surface area contributed by atoms with E-state index >= 15 is 0 Å². The van der Waals surface area contributed by atoms with Crippen molar-refractivity contribution in [2.45, 2.75) is 25.3 Å². The molecule has 1 aliphatic heterocycles. The molecule has 0 saturated carbocycles. The molecule has 0 aliphatic carbocycles. The molecule has 8 nitrogen and oxygen atoms in total. The van der Waals surface area contributed by atoms with Gasteiger partial charge in [0.1, 0.15) is 6.04 Å². The second kappa shape index (κ2) is 9.12. The summed E-state index contributed by atoms with van der Waals surface area (Å²) in [5.74, 6) is -3.45. The lowest BCUT2D eigenvalue weighted by Crippen LogP contribution is -2.47. The van der Waals surface area contributed by atoms with E-state index in [-0.39, 0.29) is 24.6 Å². The van der Waals surface area contributed by atoms with Gasteiger partial charge in [0.25, 0.3) is 11.8 Å². The number of aromatic nitrogens is 2. The summed E-state index contributed by atoms with van der Waals surface area (Å²) in [6.45, 7) is 1.49. The third-order valence-corrected chi connectivity index (χ3v) is 4.82. The molecule has 1 unspecified atom stereocenters. The van der Waals surface area contributed by atoms with Crippen molar-refractivity contribution < 1.29 is 13.6 Å². The van der Waals surface area contributed by atoms with Crippen LogP contribution in [-0.4, -0.2) is 58.3 Å². The Bertz CT molecular complexity index is 952. The van der Waals surface area contributed by atoms with Crippen LogP contribution in [0.5, 0.6) is 0 Å². The third kappa shape index (κ3) is 4.88. The predicted octanol–water partition coefficient (Wildman–Crippen LogP) is 3.45. The van der Waals surface area contributed by atoms with Crippen LogP contribution in [0.2, 0.25) is 5.02 Å². The molecule has 1 aromatic heterocycles. The van der Waals surface area contributed by atoms with Crippen LogP contribution in [0.3, 0.4) is 0 Å². The molecule has 0 radical (unpaired) electrons. The Hall–Kier alpha value is -3.14. The molecule has 1 amide bonds. The maximum atomic E-state index is 14.6. The first-order chi connectivity index (χ1) is 14.3. The van der Waals surface area contributed by atoms with Crippen LogP contribution in [-0.2, 0) is 0 Å². The number of aryl methyl sites for hydroxylation is 1. The quantitative estimate of drug-likeness (QED) is 0.456. The highest BCUT2D eigenvalue weighted by molar-refractivity contribution is 6.30. The zero-order chi connectivity index (χ0) is 21.7. The molecule has 3 rings (SSSR count). The number of hydrazone groups is 1. The van der Waals surface area contributed by atoms with Gasteiger partial charge in [-0.1, -0.05) is 23.2 Å². The molecule has 30 heavy (non-hydrogen) atoms. The van der Waals surface area contributed by atoms with Gasteiger partial charge < -0.3 is 15.6 Å². The standard InChI is InChI=1S/C19H20ClF2N7O/c1-12-2-3-15(28-27-6-5-23)14(8-12)17(30)29-7-4-19(21,22)16(29)11-26-18-24-9-13(20)10-25-18/h2-3,5-6,8-10,16,23,28H,4,7,11H2,1H3,(H,24,25,26). The van der Waals surface area contributed by atoms with Gasteiger partial charge in [0.15, 0.2) is 0 Å². The fourth-order valence-corrected chi connectivity index (χ4v) is 3.24. The van der Waals surface area contributed by atoms with E-state index in [4.69, 9.17) is 17.0 Å². The summed E-state index contributed by atoms with van der Waals surface area (Å²) in [6, 6.07) is 3.66. The Labute approximate surface area is 176 Å². The number of amides is 1. The van der Waals surface area contributed by atoms with Crippen molar-refractivity contribution in [3.63, 3.8) is 0 Å². The minimum Gasteiger partial charge on any atom is -0.352 e. The number of rotatable bonds is 7. The fraction of sp³-hybridized carbons (Fsp3) is 0.316. The molecular weight excluding hydrogens is 416 g/mol. The Morgan fingerprint density at radius 1 is 1.43 bits per heavy atom. The van der Waals surface area contributed by atoms with Crippen molar-refractivity contribution in [2.24, 2.45) is 5.10 Å². The minimum absolute atomic E-state index is 0.0865. The monoisotopic (exact) mass is 435 g/mol. The van der Waals surface area contributed by atoms with Gasteiger partial charge in [0.2, 0.25) is 5.95 Å². The van der Waals surface area contributed by atoms with Crippen LogP contribution in [0.1, 0.15) is 22.3 Å². The molecule has 2 heterocycles. The molecule has 11 heteroatoms. The second-order valence-electron chi connectivity index (χ2n) is 6.74. The van der Waals surface area contributed by atoms with Crippen LogP contribution >= 0.6 is 11.6 Å². The fourth-order valence-electron chi connectivity index (χ4n) is 3.15. The number of halogens is 3. The van der Waals surface area contributed by atoms with Crippen molar-refractivity contribution in [3.8, 4) is 0 Å². The molecule has 158 valence electrons. The molecular formula is C19H20ClF2N7O. The molecule has 2 aromatic rings. The highest BCUT2D eigenvalue weighted by Gasteiger charge is 2.50. The second-order valence-corrected chi connectivity index (χ2v) is 7.17. The van der Waals surface area contributed by atoms with E-state index in [9.17, 15) is 13.6 Å². The molecule has 3 N–H and O–H groups in total. The minimum atomic E-state index is -3.06. The maximum absolute atomic E-state index is 14.6. The Balaban J connectivity index is 1.83. The average molecular weight is 436 g/mol. The lowest BCUT2D eigenvalue weighted by Gasteiger charge is -2.28. The van der Waals surface area contributed by atoms with Crippen LogP contribution in [0.15, 0.2) is 35.7 Å². The SMILES string of the molecule is Cc1ccc(NN=CC=N)c(C(=O)N2CCC(F)(F)C2CNc2ncc(Cl)cn2)c1. The zero-order valence-corrected chi connectivity index (χ0v) is 16.8. The predicted molar refractivity (Wildman–Crippen MR) is 112 cm³/mol. The van der Waals surface area contributed by atoms with Crippen molar-refractivity contribution in [3.05, 3.63) is 46.7 Å². The highest BCUT2D eigenvalue weighted by Crippen LogP contribution is 2.36. The molecule has 1 aliphatic rings. The third-order valence-electron chi connectivity index (χ3n) is 4.62. The number of likely N-dealkylation sites (tertiary alicyclic amines) is 1. The van der Waals surface area contributed by atoms with E-state index in [2.05, 4.69) is 25.8 Å². The molecule has 1 aromatic carbocycles. The normalized spacial score (nSPS) is 17.9. The number of hydrogen-bond donors (Lipinski definition) is 3. The van der Waals surface area contributed by atoms with E-state index in [0.717, 1.165) is 16.7 Å². The van der Waals surface area contributed by atoms with Gasteiger partial charge in [-0.15, -0.1) is 0 Å². The maximum Gasteiger partial charge on any atom is 0.271 e. The van der Waals surface area contributed by atoms with E-state index < -0.39 is 24.3 Å². The summed E-state index contributed by atoms with van der Waals surface area (Å²) in [5, 5.41) is 13.9. The summed E-state index contributed by atoms with van der Waals surface area (Å²) in [5.41, 5.74) is 4.07. The summed E-state index contributed by atoms with van der Waals surface area (Å²) in [7, 11) is 0. The van der Waals surface area contributed by atoms with Crippen LogP contribution in [0.4, 0.5) is 20.4 Å². The first kappa shape index (κ1) is 21.6. The largest absolute Gasteiger partial charge is 0.352 e. The van der Waals surface area contributed by atoms with Crippen LogP contribution < -0.4 is 10.7 Å². The summed E-state index contributed by atoms with van der Waals surface area (Å²) in [4.78, 5) is 22.2. The van der Waals surface area contributed by atoms with E-state index in [0.29, 0.717) is 10.7 Å². The number of benzene rings is 1. The van der Waals surface area contributed by atoms with Crippen LogP contribution in [0, 0.1) is 12.3 Å². The average Bonchev–Trinajstić information content (AvgIpc) is 3.02. The van der Waals surface area contributed by atoms with Crippen molar-refractivity contribution in [1.29, 1.82) is 5.41 Å². The number of alkyl halides is 2. The zero-order valence-electron chi connectivity index (χ0n) is 16.1. The van der Waals surface area contributed by atoms with Gasteiger partial charge in [-0.3, -0.25) is 10.2 Å². The topological polar surface area (TPSA) is 106 Å². The summed E-state index contributed by atoms with van der Waals surface area (Å²) < 4.78 is 29.1. The summed E-state index contributed by atoms with van der Waals surface area (Å²) in [6.07, 6.45) is 4.45. The van der Waals surface area contributed by atoms with E-state index in [1.54, 1.807) is 25.1 Å². The molecule has 1 saturated heterocycles. The number of anilines is 2. The van der Waals surface area contributed by atoms with Crippen molar-refractivity contribution >= 4 is 41.6 Å².